The first kappa shape index (κ1) is 23.4. The highest BCUT2D eigenvalue weighted by molar-refractivity contribution is 5.95. The Morgan fingerprint density at radius 1 is 1.12 bits per heavy atom. The third-order valence-electron chi connectivity index (χ3n) is 6.76. The zero-order valence-electron chi connectivity index (χ0n) is 20.4. The second-order valence-electron chi connectivity index (χ2n) is 10.4. The van der Waals surface area contributed by atoms with Crippen LogP contribution in [-0.2, 0) is 22.4 Å². The normalized spacial score (nSPS) is 18.9. The van der Waals surface area contributed by atoms with Gasteiger partial charge in [0.1, 0.15) is 11.6 Å². The van der Waals surface area contributed by atoms with E-state index in [1.807, 2.05) is 43.6 Å². The maximum atomic E-state index is 12.9. The predicted molar refractivity (Wildman–Crippen MR) is 130 cm³/mol. The first-order valence-corrected chi connectivity index (χ1v) is 12.2. The van der Waals surface area contributed by atoms with E-state index in [1.165, 1.54) is 5.56 Å². The summed E-state index contributed by atoms with van der Waals surface area (Å²) in [5.74, 6) is 2.01. The highest BCUT2D eigenvalue weighted by Crippen LogP contribution is 2.33. The molecule has 6 heteroatoms. The van der Waals surface area contributed by atoms with Gasteiger partial charge >= 0.3 is 0 Å². The monoisotopic (exact) mass is 448 g/mol. The van der Waals surface area contributed by atoms with E-state index < -0.39 is 5.41 Å². The van der Waals surface area contributed by atoms with Crippen LogP contribution in [0.1, 0.15) is 75.0 Å². The van der Waals surface area contributed by atoms with Crippen molar-refractivity contribution in [2.24, 2.45) is 5.41 Å². The molecule has 2 aliphatic rings. The topological polar surface area (TPSA) is 66.4 Å². The number of hydrogen-bond donors (Lipinski definition) is 0. The van der Waals surface area contributed by atoms with Gasteiger partial charge in [-0.15, -0.1) is 0 Å². The fourth-order valence-electron chi connectivity index (χ4n) is 4.95. The van der Waals surface area contributed by atoms with E-state index in [2.05, 4.69) is 24.3 Å². The average molecular weight is 449 g/mol. The molecule has 2 amide bonds. The van der Waals surface area contributed by atoms with E-state index in [-0.39, 0.29) is 17.7 Å². The molecule has 0 saturated carbocycles. The predicted octanol–water partition coefficient (Wildman–Crippen LogP) is 4.45. The second kappa shape index (κ2) is 9.62. The van der Waals surface area contributed by atoms with E-state index >= 15 is 0 Å². The third-order valence-corrected chi connectivity index (χ3v) is 6.76. The summed E-state index contributed by atoms with van der Waals surface area (Å²) in [6, 6.07) is 10.4. The number of hydrogen-bond acceptors (Lipinski definition) is 4. The molecule has 1 aromatic carbocycles. The number of anilines is 1. The Kier molecular flexibility index (Phi) is 6.82. The van der Waals surface area contributed by atoms with Gasteiger partial charge in [-0.25, -0.2) is 9.97 Å². The lowest BCUT2D eigenvalue weighted by atomic mass is 9.90. The highest BCUT2D eigenvalue weighted by Gasteiger charge is 2.34. The Balaban J connectivity index is 1.54. The smallest absolute Gasteiger partial charge is 0.228 e. The van der Waals surface area contributed by atoms with Crippen molar-refractivity contribution < 1.29 is 9.59 Å². The minimum atomic E-state index is -0.392. The van der Waals surface area contributed by atoms with Crippen molar-refractivity contribution in [3.8, 4) is 0 Å². The molecule has 176 valence electrons. The van der Waals surface area contributed by atoms with Crippen LogP contribution >= 0.6 is 0 Å². The van der Waals surface area contributed by atoms with Gasteiger partial charge in [0.15, 0.2) is 0 Å². The number of carbonyl (C=O) groups is 2. The summed E-state index contributed by atoms with van der Waals surface area (Å²) in [6.45, 7) is 10.0. The maximum absolute atomic E-state index is 12.9. The molecular formula is C27H36N4O2. The van der Waals surface area contributed by atoms with Crippen molar-refractivity contribution in [3.05, 3.63) is 53.0 Å². The molecule has 3 heterocycles. The van der Waals surface area contributed by atoms with Crippen LogP contribution < -0.4 is 4.90 Å². The van der Waals surface area contributed by atoms with Crippen LogP contribution in [0.25, 0.3) is 0 Å². The van der Waals surface area contributed by atoms with E-state index in [1.54, 1.807) is 0 Å². The van der Waals surface area contributed by atoms with Gasteiger partial charge in [-0.2, -0.15) is 0 Å². The molecule has 0 spiro atoms. The molecule has 1 atom stereocenters. The number of amides is 2. The number of piperidine rings is 1. The SMILES string of the molecule is Cc1nc(C2CCCN(C(=O)C(C)(C)C)C2)nc2c1CCC(=O)N2CCCc1ccccc1. The summed E-state index contributed by atoms with van der Waals surface area (Å²) in [5.41, 5.74) is 2.95. The molecule has 2 aromatic rings. The van der Waals surface area contributed by atoms with Crippen LogP contribution in [0.5, 0.6) is 0 Å². The van der Waals surface area contributed by atoms with Crippen LogP contribution in [0, 0.1) is 12.3 Å². The van der Waals surface area contributed by atoms with Gasteiger partial charge in [0.25, 0.3) is 0 Å². The number of aryl methyl sites for hydroxylation is 2. The number of benzene rings is 1. The Morgan fingerprint density at radius 2 is 1.88 bits per heavy atom. The van der Waals surface area contributed by atoms with Gasteiger partial charge in [0, 0.05) is 48.6 Å². The molecular weight excluding hydrogens is 412 g/mol. The molecule has 0 bridgehead atoms. The van der Waals surface area contributed by atoms with Crippen LogP contribution in [0.3, 0.4) is 0 Å². The molecule has 4 rings (SSSR count). The van der Waals surface area contributed by atoms with Crippen LogP contribution in [-0.4, -0.2) is 46.3 Å². The van der Waals surface area contributed by atoms with E-state index in [4.69, 9.17) is 9.97 Å². The number of fused-ring (bicyclic) bond motifs is 1. The van der Waals surface area contributed by atoms with Crippen molar-refractivity contribution in [2.75, 3.05) is 24.5 Å². The Bertz CT molecular complexity index is 1010. The Hall–Kier alpha value is -2.76. The molecule has 1 saturated heterocycles. The number of carbonyl (C=O) groups excluding carboxylic acids is 2. The number of nitrogens with zero attached hydrogens (tertiary/aromatic N) is 4. The molecule has 33 heavy (non-hydrogen) atoms. The number of rotatable bonds is 5. The van der Waals surface area contributed by atoms with E-state index in [0.717, 1.165) is 55.1 Å². The quantitative estimate of drug-likeness (QED) is 0.678. The van der Waals surface area contributed by atoms with Crippen molar-refractivity contribution in [1.82, 2.24) is 14.9 Å². The fraction of sp³-hybridized carbons (Fsp3) is 0.556. The summed E-state index contributed by atoms with van der Waals surface area (Å²) in [5, 5.41) is 0. The summed E-state index contributed by atoms with van der Waals surface area (Å²) in [7, 11) is 0. The lowest BCUT2D eigenvalue weighted by molar-refractivity contribution is -0.140. The van der Waals surface area contributed by atoms with Gasteiger partial charge in [0.05, 0.1) is 0 Å². The van der Waals surface area contributed by atoms with Gasteiger partial charge in [-0.3, -0.25) is 14.5 Å². The van der Waals surface area contributed by atoms with Crippen molar-refractivity contribution in [3.63, 3.8) is 0 Å². The molecule has 2 aliphatic heterocycles. The standard InChI is InChI=1S/C27H36N4O2/c1-19-22-14-15-23(32)31(17-8-12-20-10-6-5-7-11-20)25(22)29-24(28-19)21-13-9-16-30(18-21)26(33)27(2,3)4/h5-7,10-11,21H,8-9,12-18H2,1-4H3. The highest BCUT2D eigenvalue weighted by atomic mass is 16.2. The number of aromatic nitrogens is 2. The molecule has 6 nitrogen and oxygen atoms in total. The Morgan fingerprint density at radius 3 is 2.61 bits per heavy atom. The lowest BCUT2D eigenvalue weighted by Crippen LogP contribution is -2.45. The molecule has 1 fully saturated rings. The zero-order valence-corrected chi connectivity index (χ0v) is 20.4. The van der Waals surface area contributed by atoms with Crippen molar-refractivity contribution in [1.29, 1.82) is 0 Å². The molecule has 0 aliphatic carbocycles. The zero-order chi connectivity index (χ0) is 23.6. The molecule has 1 aromatic heterocycles. The second-order valence-corrected chi connectivity index (χ2v) is 10.4. The average Bonchev–Trinajstić information content (AvgIpc) is 2.80. The van der Waals surface area contributed by atoms with E-state index in [9.17, 15) is 9.59 Å². The van der Waals surface area contributed by atoms with Gasteiger partial charge in [-0.1, -0.05) is 51.1 Å². The minimum absolute atomic E-state index is 0.109. The summed E-state index contributed by atoms with van der Waals surface area (Å²) in [4.78, 5) is 39.4. The number of likely N-dealkylation sites (tertiary alicyclic amines) is 1. The minimum Gasteiger partial charge on any atom is -0.342 e. The van der Waals surface area contributed by atoms with Crippen LogP contribution in [0.4, 0.5) is 5.82 Å². The summed E-state index contributed by atoms with van der Waals surface area (Å²) >= 11 is 0. The third kappa shape index (κ3) is 5.26. The first-order chi connectivity index (χ1) is 15.7. The first-order valence-electron chi connectivity index (χ1n) is 12.2. The summed E-state index contributed by atoms with van der Waals surface area (Å²) < 4.78 is 0. The van der Waals surface area contributed by atoms with Crippen LogP contribution in [0.15, 0.2) is 30.3 Å². The van der Waals surface area contributed by atoms with Gasteiger partial charge in [-0.05, 0) is 44.6 Å². The van der Waals surface area contributed by atoms with Gasteiger partial charge < -0.3 is 4.90 Å². The Labute approximate surface area is 197 Å². The van der Waals surface area contributed by atoms with Crippen molar-refractivity contribution in [2.45, 2.75) is 72.1 Å². The van der Waals surface area contributed by atoms with E-state index in [0.29, 0.717) is 25.9 Å². The van der Waals surface area contributed by atoms with Gasteiger partial charge in [0.2, 0.25) is 11.8 Å². The molecule has 0 N–H and O–H groups in total. The van der Waals surface area contributed by atoms with Crippen LogP contribution in [0.2, 0.25) is 0 Å². The largest absolute Gasteiger partial charge is 0.342 e. The summed E-state index contributed by atoms with van der Waals surface area (Å²) in [6.07, 6.45) is 4.96. The van der Waals surface area contributed by atoms with Crippen molar-refractivity contribution >= 4 is 17.6 Å². The maximum Gasteiger partial charge on any atom is 0.228 e. The fourth-order valence-corrected chi connectivity index (χ4v) is 4.95. The molecule has 0 radical (unpaired) electrons. The lowest BCUT2D eigenvalue weighted by Gasteiger charge is -2.36. The molecule has 1 unspecified atom stereocenters.